The zero-order chi connectivity index (χ0) is 17.5. The second kappa shape index (κ2) is 5.91. The van der Waals surface area contributed by atoms with Gasteiger partial charge in [0, 0.05) is 35.7 Å². The highest BCUT2D eigenvalue weighted by atomic mass is 16.2. The van der Waals surface area contributed by atoms with Gasteiger partial charge in [0.15, 0.2) is 5.65 Å². The van der Waals surface area contributed by atoms with Crippen molar-refractivity contribution < 1.29 is 4.79 Å². The van der Waals surface area contributed by atoms with Crippen LogP contribution in [0.2, 0.25) is 0 Å². The monoisotopic (exact) mass is 347 g/mol. The number of aromatic nitrogens is 6. The Bertz CT molecular complexity index is 1100. The number of hydrogen-bond donors (Lipinski definition) is 2. The second-order valence-electron chi connectivity index (χ2n) is 6.66. The number of pyridine rings is 1. The molecule has 1 aliphatic rings. The summed E-state index contributed by atoms with van der Waals surface area (Å²) in [7, 11) is 0. The van der Waals surface area contributed by atoms with Gasteiger partial charge in [0.2, 0.25) is 0 Å². The lowest BCUT2D eigenvalue weighted by atomic mass is 9.93. The van der Waals surface area contributed by atoms with Crippen LogP contribution in [0.4, 0.5) is 0 Å². The van der Waals surface area contributed by atoms with Crippen LogP contribution in [0, 0.1) is 0 Å². The van der Waals surface area contributed by atoms with E-state index < -0.39 is 0 Å². The molecule has 8 nitrogen and oxygen atoms in total. The summed E-state index contributed by atoms with van der Waals surface area (Å²) >= 11 is 0. The summed E-state index contributed by atoms with van der Waals surface area (Å²) in [6, 6.07) is 9.49. The molecular formula is C18H17N7O. The van der Waals surface area contributed by atoms with E-state index in [9.17, 15) is 4.79 Å². The van der Waals surface area contributed by atoms with Gasteiger partial charge in [-0.25, -0.2) is 4.98 Å². The van der Waals surface area contributed by atoms with Crippen LogP contribution in [0.15, 0.2) is 36.5 Å². The zero-order valence-corrected chi connectivity index (χ0v) is 14.0. The molecule has 8 heteroatoms. The normalized spacial score (nSPS) is 17.8. The van der Waals surface area contributed by atoms with Gasteiger partial charge in [-0.05, 0) is 43.2 Å². The first-order chi connectivity index (χ1) is 12.8. The van der Waals surface area contributed by atoms with E-state index in [-0.39, 0.29) is 11.8 Å². The van der Waals surface area contributed by atoms with Crippen LogP contribution >= 0.6 is 0 Å². The van der Waals surface area contributed by atoms with Crippen molar-refractivity contribution in [2.75, 3.05) is 13.1 Å². The molecule has 0 radical (unpaired) electrons. The number of carbonyl (C=O) groups is 1. The van der Waals surface area contributed by atoms with Gasteiger partial charge in [0.25, 0.3) is 5.91 Å². The summed E-state index contributed by atoms with van der Waals surface area (Å²) in [6.07, 6.45) is 3.76. The predicted octanol–water partition coefficient (Wildman–Crippen LogP) is 2.25. The Kier molecular flexibility index (Phi) is 3.41. The van der Waals surface area contributed by atoms with Crippen LogP contribution in [-0.2, 0) is 0 Å². The van der Waals surface area contributed by atoms with Gasteiger partial charge < -0.3 is 4.90 Å². The lowest BCUT2D eigenvalue weighted by Crippen LogP contribution is -2.39. The number of nitrogens with zero attached hydrogens (tertiary/aromatic N) is 5. The van der Waals surface area contributed by atoms with Gasteiger partial charge in [0.05, 0.1) is 6.20 Å². The Balaban J connectivity index is 1.39. The van der Waals surface area contributed by atoms with E-state index in [1.165, 1.54) is 0 Å². The van der Waals surface area contributed by atoms with E-state index in [0.717, 1.165) is 41.6 Å². The minimum Gasteiger partial charge on any atom is -0.338 e. The van der Waals surface area contributed by atoms with Crippen molar-refractivity contribution in [3.63, 3.8) is 0 Å². The van der Waals surface area contributed by atoms with Gasteiger partial charge >= 0.3 is 0 Å². The fraction of sp³-hybridized carbons (Fsp3) is 0.278. The molecule has 0 unspecified atom stereocenters. The van der Waals surface area contributed by atoms with Crippen LogP contribution < -0.4 is 0 Å². The van der Waals surface area contributed by atoms with Gasteiger partial charge in [-0.1, -0.05) is 0 Å². The predicted molar refractivity (Wildman–Crippen MR) is 95.7 cm³/mol. The minimum atomic E-state index is 0.0298. The van der Waals surface area contributed by atoms with Crippen molar-refractivity contribution in [3.8, 4) is 0 Å². The minimum absolute atomic E-state index is 0.0298. The fourth-order valence-electron chi connectivity index (χ4n) is 3.63. The standard InChI is InChI=1S/C18H17N7O/c26-18(11-3-6-15-16(8-11)22-24-21-15)25-7-1-2-13(10-25)14-5-4-12-9-19-23-17(12)20-14/h3-6,8-9,13H,1-2,7,10H2,(H,19,20,23)(H,21,22,24)/t13-/m1/s1. The summed E-state index contributed by atoms with van der Waals surface area (Å²) in [5.74, 6) is 0.262. The largest absolute Gasteiger partial charge is 0.338 e. The van der Waals surface area contributed by atoms with Crippen LogP contribution in [0.1, 0.15) is 34.8 Å². The summed E-state index contributed by atoms with van der Waals surface area (Å²) in [5, 5.41) is 18.6. The highest BCUT2D eigenvalue weighted by Crippen LogP contribution is 2.28. The topological polar surface area (TPSA) is 103 Å². The molecule has 1 atom stereocenters. The van der Waals surface area contributed by atoms with E-state index in [1.54, 1.807) is 12.3 Å². The van der Waals surface area contributed by atoms with Crippen LogP contribution in [0.5, 0.6) is 0 Å². The fourth-order valence-corrected chi connectivity index (χ4v) is 3.63. The van der Waals surface area contributed by atoms with Crippen molar-refractivity contribution in [2.24, 2.45) is 0 Å². The maximum Gasteiger partial charge on any atom is 0.253 e. The lowest BCUT2D eigenvalue weighted by molar-refractivity contribution is 0.0706. The molecule has 1 saturated heterocycles. The molecule has 1 amide bonds. The van der Waals surface area contributed by atoms with Crippen LogP contribution in [-0.4, -0.2) is 54.5 Å². The number of piperidine rings is 1. The number of carbonyl (C=O) groups excluding carboxylic acids is 1. The third-order valence-electron chi connectivity index (χ3n) is 5.01. The molecule has 1 fully saturated rings. The molecule has 1 aliphatic heterocycles. The highest BCUT2D eigenvalue weighted by Gasteiger charge is 2.26. The van der Waals surface area contributed by atoms with E-state index in [0.29, 0.717) is 17.6 Å². The third-order valence-corrected chi connectivity index (χ3v) is 5.01. The number of aromatic amines is 2. The number of benzene rings is 1. The lowest BCUT2D eigenvalue weighted by Gasteiger charge is -2.32. The van der Waals surface area contributed by atoms with Crippen molar-refractivity contribution in [2.45, 2.75) is 18.8 Å². The van der Waals surface area contributed by atoms with Crippen molar-refractivity contribution in [3.05, 3.63) is 47.8 Å². The Morgan fingerprint density at radius 1 is 1.15 bits per heavy atom. The molecule has 0 aliphatic carbocycles. The smallest absolute Gasteiger partial charge is 0.253 e. The first kappa shape index (κ1) is 15.0. The quantitative estimate of drug-likeness (QED) is 0.579. The van der Waals surface area contributed by atoms with E-state index in [2.05, 4.69) is 30.6 Å². The molecule has 4 heterocycles. The first-order valence-corrected chi connectivity index (χ1v) is 8.68. The third kappa shape index (κ3) is 2.50. The molecule has 2 N–H and O–H groups in total. The average Bonchev–Trinajstić information content (AvgIpc) is 3.35. The van der Waals surface area contributed by atoms with Gasteiger partial charge in [-0.3, -0.25) is 9.89 Å². The van der Waals surface area contributed by atoms with E-state index in [1.807, 2.05) is 29.2 Å². The average molecular weight is 347 g/mol. The highest BCUT2D eigenvalue weighted by molar-refractivity contribution is 5.97. The molecule has 3 aromatic heterocycles. The Morgan fingerprint density at radius 3 is 3.04 bits per heavy atom. The van der Waals surface area contributed by atoms with E-state index in [4.69, 9.17) is 0 Å². The number of rotatable bonds is 2. The number of amides is 1. The molecule has 0 saturated carbocycles. The van der Waals surface area contributed by atoms with E-state index >= 15 is 0 Å². The molecule has 130 valence electrons. The Morgan fingerprint density at radius 2 is 2.08 bits per heavy atom. The molecule has 5 rings (SSSR count). The summed E-state index contributed by atoms with van der Waals surface area (Å²) in [4.78, 5) is 19.5. The van der Waals surface area contributed by atoms with Gasteiger partial charge in [0.1, 0.15) is 11.0 Å². The number of fused-ring (bicyclic) bond motifs is 2. The van der Waals surface area contributed by atoms with Crippen LogP contribution in [0.3, 0.4) is 0 Å². The molecule has 0 spiro atoms. The van der Waals surface area contributed by atoms with Crippen molar-refractivity contribution in [1.82, 2.24) is 35.5 Å². The van der Waals surface area contributed by atoms with Gasteiger partial charge in [-0.2, -0.15) is 20.5 Å². The van der Waals surface area contributed by atoms with Crippen molar-refractivity contribution in [1.29, 1.82) is 0 Å². The molecule has 26 heavy (non-hydrogen) atoms. The molecular weight excluding hydrogens is 330 g/mol. The SMILES string of the molecule is O=C(c1ccc2n[nH]nc2c1)N1CCC[C@@H](c2ccc3cn[nH]c3n2)C1. The van der Waals surface area contributed by atoms with Crippen LogP contribution in [0.25, 0.3) is 22.1 Å². The molecule has 0 bridgehead atoms. The number of likely N-dealkylation sites (tertiary alicyclic amines) is 1. The second-order valence-corrected chi connectivity index (χ2v) is 6.66. The maximum absolute atomic E-state index is 12.9. The van der Waals surface area contributed by atoms with Gasteiger partial charge in [-0.15, -0.1) is 0 Å². The number of H-pyrrole nitrogens is 2. The van der Waals surface area contributed by atoms with Crippen molar-refractivity contribution >= 4 is 28.0 Å². The number of hydrogen-bond acceptors (Lipinski definition) is 5. The summed E-state index contributed by atoms with van der Waals surface area (Å²) in [6.45, 7) is 1.43. The first-order valence-electron chi connectivity index (χ1n) is 8.68. The Labute approximate surface area is 148 Å². The molecule has 1 aromatic carbocycles. The summed E-state index contributed by atoms with van der Waals surface area (Å²) < 4.78 is 0. The summed E-state index contributed by atoms with van der Waals surface area (Å²) in [5.41, 5.74) is 3.91. The zero-order valence-electron chi connectivity index (χ0n) is 14.0. The molecule has 4 aromatic rings. The Hall–Kier alpha value is -3.29. The number of nitrogens with one attached hydrogen (secondary N) is 2. The maximum atomic E-state index is 12.9.